The van der Waals surface area contributed by atoms with E-state index in [0.717, 1.165) is 76.5 Å². The molecule has 0 bridgehead atoms. The zero-order chi connectivity index (χ0) is 36.1. The predicted octanol–water partition coefficient (Wildman–Crippen LogP) is 12.3. The van der Waals surface area contributed by atoms with E-state index in [1.165, 1.54) is 0 Å². The lowest BCUT2D eigenvalue weighted by atomic mass is 9.84. The summed E-state index contributed by atoms with van der Waals surface area (Å²) < 4.78 is 49.8. The minimum Gasteiger partial charge on any atom is -0.456 e. The first-order valence-corrected chi connectivity index (χ1v) is 16.1. The molecule has 0 N–H and O–H groups in total. The summed E-state index contributed by atoms with van der Waals surface area (Å²) in [7, 11) is 0. The Balaban J connectivity index is 1.26. The molecule has 0 amide bonds. The Hall–Kier alpha value is -6.19. The van der Waals surface area contributed by atoms with Crippen molar-refractivity contribution in [1.29, 1.82) is 0 Å². The molecule has 3 nitrogen and oxygen atoms in total. The SMILES string of the molecule is [2H]C([2H])([2H])C([2H])([2H])c1nc2ccccc2n1-c1ccc(-c2c3ccccc3c(-c3ccc4oc5ccccc5c4c3)c3ccccc23)c2ccccc12. The second kappa shape index (κ2) is 10.4. The van der Waals surface area contributed by atoms with Gasteiger partial charge < -0.3 is 4.42 Å². The third kappa shape index (κ3) is 3.85. The molecule has 2 heterocycles. The van der Waals surface area contributed by atoms with Gasteiger partial charge >= 0.3 is 0 Å². The third-order valence-corrected chi connectivity index (χ3v) is 9.68. The van der Waals surface area contributed by atoms with Crippen LogP contribution >= 0.6 is 0 Å². The van der Waals surface area contributed by atoms with Crippen LogP contribution in [0.3, 0.4) is 0 Å². The van der Waals surface area contributed by atoms with Gasteiger partial charge in [0, 0.05) is 29.4 Å². The topological polar surface area (TPSA) is 31.0 Å². The number of aromatic nitrogens is 2. The maximum Gasteiger partial charge on any atom is 0.135 e. The fraction of sp³-hybridized carbons (Fsp3) is 0.0444. The number of fused-ring (bicyclic) bond motifs is 7. The highest BCUT2D eigenvalue weighted by Gasteiger charge is 2.21. The first-order valence-electron chi connectivity index (χ1n) is 18.6. The maximum absolute atomic E-state index is 8.79. The van der Waals surface area contributed by atoms with E-state index >= 15 is 0 Å². The van der Waals surface area contributed by atoms with E-state index in [1.807, 2.05) is 60.7 Å². The smallest absolute Gasteiger partial charge is 0.135 e. The molecule has 0 aliphatic rings. The van der Waals surface area contributed by atoms with Crippen LogP contribution in [0.2, 0.25) is 0 Å². The van der Waals surface area contributed by atoms with Gasteiger partial charge in [-0.05, 0) is 85.6 Å². The largest absolute Gasteiger partial charge is 0.456 e. The van der Waals surface area contributed by atoms with Crippen molar-refractivity contribution in [3.05, 3.63) is 157 Å². The van der Waals surface area contributed by atoms with E-state index in [4.69, 9.17) is 11.3 Å². The normalized spacial score (nSPS) is 14.0. The Morgan fingerprint density at radius 1 is 0.562 bits per heavy atom. The quantitative estimate of drug-likeness (QED) is 0.184. The minimum absolute atomic E-state index is 0.153. The highest BCUT2D eigenvalue weighted by atomic mass is 16.3. The molecular formula is C45H30N2O. The summed E-state index contributed by atoms with van der Waals surface area (Å²) in [6, 6.07) is 51.1. The molecule has 226 valence electrons. The van der Waals surface area contributed by atoms with Crippen LogP contribution in [0.1, 0.15) is 19.5 Å². The fourth-order valence-corrected chi connectivity index (χ4v) is 7.66. The molecule has 0 fully saturated rings. The molecule has 0 radical (unpaired) electrons. The number of hydrogen-bond donors (Lipinski definition) is 0. The van der Waals surface area contributed by atoms with Gasteiger partial charge in [0.1, 0.15) is 17.0 Å². The molecule has 2 aromatic heterocycles. The summed E-state index contributed by atoms with van der Waals surface area (Å²) in [6.07, 6.45) is -2.71. The van der Waals surface area contributed by atoms with E-state index in [0.29, 0.717) is 16.7 Å². The van der Waals surface area contributed by atoms with Crippen molar-refractivity contribution < 1.29 is 11.3 Å². The molecule has 0 atom stereocenters. The minimum atomic E-state index is -2.93. The summed E-state index contributed by atoms with van der Waals surface area (Å²) in [5.41, 5.74) is 7.90. The van der Waals surface area contributed by atoms with Crippen LogP contribution in [-0.2, 0) is 6.37 Å². The second-order valence-electron chi connectivity index (χ2n) is 12.2. The molecule has 0 saturated carbocycles. The number of nitrogens with zero attached hydrogens (tertiary/aromatic N) is 2. The number of hydrogen-bond acceptors (Lipinski definition) is 2. The Morgan fingerprint density at radius 3 is 1.92 bits per heavy atom. The molecule has 10 rings (SSSR count). The molecule has 0 unspecified atom stereocenters. The van der Waals surface area contributed by atoms with Crippen molar-refractivity contribution in [3.63, 3.8) is 0 Å². The van der Waals surface area contributed by atoms with E-state index in [2.05, 4.69) is 89.9 Å². The monoisotopic (exact) mass is 619 g/mol. The van der Waals surface area contributed by atoms with Crippen LogP contribution in [0.5, 0.6) is 0 Å². The molecule has 3 heteroatoms. The predicted molar refractivity (Wildman–Crippen MR) is 201 cm³/mol. The van der Waals surface area contributed by atoms with Gasteiger partial charge in [0.25, 0.3) is 0 Å². The first kappa shape index (κ1) is 22.4. The highest BCUT2D eigenvalue weighted by molar-refractivity contribution is 6.24. The summed E-state index contributed by atoms with van der Waals surface area (Å²) >= 11 is 0. The number of furan rings is 1. The fourth-order valence-electron chi connectivity index (χ4n) is 7.66. The number of rotatable bonds is 4. The van der Waals surface area contributed by atoms with Crippen LogP contribution in [0.25, 0.3) is 93.2 Å². The number of aryl methyl sites for hydroxylation is 1. The van der Waals surface area contributed by atoms with Gasteiger partial charge in [0.2, 0.25) is 0 Å². The lowest BCUT2D eigenvalue weighted by Crippen LogP contribution is -2.01. The Bertz CT molecular complexity index is 3040. The van der Waals surface area contributed by atoms with E-state index in [1.54, 1.807) is 10.6 Å². The summed E-state index contributed by atoms with van der Waals surface area (Å²) in [4.78, 5) is 4.59. The van der Waals surface area contributed by atoms with Crippen molar-refractivity contribution in [1.82, 2.24) is 9.55 Å². The van der Waals surface area contributed by atoms with Crippen LogP contribution < -0.4 is 0 Å². The van der Waals surface area contributed by atoms with Gasteiger partial charge in [0.05, 0.1) is 16.7 Å². The molecular weight excluding hydrogens is 585 g/mol. The molecule has 0 aliphatic carbocycles. The van der Waals surface area contributed by atoms with Crippen LogP contribution in [0.15, 0.2) is 156 Å². The van der Waals surface area contributed by atoms with Crippen molar-refractivity contribution in [2.75, 3.05) is 0 Å². The van der Waals surface area contributed by atoms with Gasteiger partial charge in [0.15, 0.2) is 0 Å². The van der Waals surface area contributed by atoms with Gasteiger partial charge in [-0.3, -0.25) is 4.57 Å². The molecule has 48 heavy (non-hydrogen) atoms. The highest BCUT2D eigenvalue weighted by Crippen LogP contribution is 2.47. The standard InChI is InChI=1S/C45H30N2O/c1-2-43-46-38-20-10-11-21-40(38)47(43)39-25-24-36(29-13-3-4-14-30(29)39)45-34-18-7-5-16-32(34)44(33-17-6-8-19-35(33)45)28-23-26-42-37(27-28)31-15-9-12-22-41(31)48-42/h3-27H,2H2,1H3/i1D3,2D2. The average molecular weight is 620 g/mol. The van der Waals surface area contributed by atoms with E-state index < -0.39 is 13.2 Å². The van der Waals surface area contributed by atoms with E-state index in [9.17, 15) is 0 Å². The zero-order valence-corrected chi connectivity index (χ0v) is 25.7. The molecule has 8 aromatic carbocycles. The lowest BCUT2D eigenvalue weighted by molar-refractivity contribution is 0.669. The molecule has 0 saturated heterocycles. The lowest BCUT2D eigenvalue weighted by Gasteiger charge is -2.20. The number of para-hydroxylation sites is 3. The summed E-state index contributed by atoms with van der Waals surface area (Å²) in [5.74, 6) is -0.153. The first-order chi connectivity index (χ1) is 25.7. The van der Waals surface area contributed by atoms with Crippen molar-refractivity contribution in [3.8, 4) is 27.9 Å². The van der Waals surface area contributed by atoms with Crippen molar-refractivity contribution in [2.24, 2.45) is 0 Å². The van der Waals surface area contributed by atoms with Crippen LogP contribution in [0.4, 0.5) is 0 Å². The molecule has 0 aliphatic heterocycles. The Kier molecular flexibility index (Phi) is 4.85. The third-order valence-electron chi connectivity index (χ3n) is 9.68. The van der Waals surface area contributed by atoms with E-state index in [-0.39, 0.29) is 5.82 Å². The van der Waals surface area contributed by atoms with Crippen molar-refractivity contribution in [2.45, 2.75) is 13.2 Å². The summed E-state index contributed by atoms with van der Waals surface area (Å²) in [6.45, 7) is -2.93. The van der Waals surface area contributed by atoms with Gasteiger partial charge in [-0.2, -0.15) is 0 Å². The van der Waals surface area contributed by atoms with Crippen LogP contribution in [-0.4, -0.2) is 9.55 Å². The number of benzene rings is 8. The Labute approximate surface area is 284 Å². The number of imidazole rings is 1. The molecule has 10 aromatic rings. The zero-order valence-electron chi connectivity index (χ0n) is 30.7. The van der Waals surface area contributed by atoms with Gasteiger partial charge in [-0.15, -0.1) is 0 Å². The average Bonchev–Trinajstić information content (AvgIpc) is 3.75. The van der Waals surface area contributed by atoms with Crippen LogP contribution in [0, 0.1) is 0 Å². The van der Waals surface area contributed by atoms with Gasteiger partial charge in [-0.1, -0.05) is 122 Å². The second-order valence-corrected chi connectivity index (χ2v) is 12.2. The van der Waals surface area contributed by atoms with Crippen molar-refractivity contribution >= 4 is 65.3 Å². The maximum atomic E-state index is 8.79. The van der Waals surface area contributed by atoms with Gasteiger partial charge in [-0.25, -0.2) is 4.98 Å². The summed E-state index contributed by atoms with van der Waals surface area (Å²) in [5, 5.41) is 8.41. The Morgan fingerprint density at radius 2 is 1.17 bits per heavy atom. The molecule has 0 spiro atoms.